The summed E-state index contributed by atoms with van der Waals surface area (Å²) in [6, 6.07) is 8.20. The first-order valence-corrected chi connectivity index (χ1v) is 6.68. The Morgan fingerprint density at radius 3 is 2.74 bits per heavy atom. The number of nitrogens with one attached hydrogen (secondary N) is 1. The summed E-state index contributed by atoms with van der Waals surface area (Å²) in [5, 5.41) is 7.58. The van der Waals surface area contributed by atoms with Crippen molar-refractivity contribution >= 4 is 16.9 Å². The van der Waals surface area contributed by atoms with Crippen LogP contribution >= 0.6 is 0 Å². The molecule has 0 unspecified atom stereocenters. The minimum absolute atomic E-state index is 0.218. The largest absolute Gasteiger partial charge is 0.387 e. The van der Waals surface area contributed by atoms with Crippen molar-refractivity contribution in [2.75, 3.05) is 0 Å². The molecule has 0 spiro atoms. The molecule has 4 nitrogen and oxygen atoms in total. The first-order chi connectivity index (χ1) is 8.92. The van der Waals surface area contributed by atoms with Crippen LogP contribution in [0.15, 0.2) is 24.3 Å². The van der Waals surface area contributed by atoms with Crippen molar-refractivity contribution in [3.63, 3.8) is 0 Å². The molecule has 4 heteroatoms. The Labute approximate surface area is 114 Å². The van der Waals surface area contributed by atoms with Gasteiger partial charge < -0.3 is 10.3 Å². The fourth-order valence-corrected chi connectivity index (χ4v) is 2.29. The van der Waals surface area contributed by atoms with Crippen LogP contribution in [-0.4, -0.2) is 15.4 Å². The predicted octanol–water partition coefficient (Wildman–Crippen LogP) is 3.09. The number of aryl methyl sites for hydroxylation is 2. The van der Waals surface area contributed by atoms with Crippen LogP contribution in [0.5, 0.6) is 0 Å². The molecule has 1 aromatic carbocycles. The molecule has 1 heterocycles. The summed E-state index contributed by atoms with van der Waals surface area (Å²) in [6.45, 7) is 7.00. The second-order valence-corrected chi connectivity index (χ2v) is 5.70. The monoisotopic (exact) mass is 258 g/mol. The number of nitrogens with two attached hydrogens (primary N) is 1. The van der Waals surface area contributed by atoms with Crippen LogP contribution in [-0.2, 0) is 6.54 Å². The summed E-state index contributed by atoms with van der Waals surface area (Å²) in [4.78, 5) is 4.56. The summed E-state index contributed by atoms with van der Waals surface area (Å²) in [5.41, 5.74) is 7.62. The van der Waals surface area contributed by atoms with Crippen LogP contribution in [0.4, 0.5) is 0 Å². The molecule has 0 saturated carbocycles. The molecule has 1 aromatic heterocycles. The second kappa shape index (κ2) is 5.03. The average molecular weight is 258 g/mol. The third-order valence-corrected chi connectivity index (χ3v) is 3.76. The van der Waals surface area contributed by atoms with Gasteiger partial charge in [-0.15, -0.1) is 0 Å². The molecule has 0 bridgehead atoms. The number of imidazole rings is 1. The molecule has 0 saturated heterocycles. The van der Waals surface area contributed by atoms with E-state index in [1.54, 1.807) is 0 Å². The van der Waals surface area contributed by atoms with Crippen molar-refractivity contribution in [3.8, 4) is 0 Å². The number of amidine groups is 1. The highest BCUT2D eigenvalue weighted by molar-refractivity contribution is 5.82. The summed E-state index contributed by atoms with van der Waals surface area (Å²) in [5.74, 6) is 1.31. The van der Waals surface area contributed by atoms with Gasteiger partial charge in [0.05, 0.1) is 16.9 Å². The van der Waals surface area contributed by atoms with Gasteiger partial charge in [-0.05, 0) is 31.9 Å². The number of nitrogens with zero attached hydrogens (tertiary/aromatic N) is 2. The maximum absolute atomic E-state index is 7.58. The van der Waals surface area contributed by atoms with Crippen molar-refractivity contribution < 1.29 is 0 Å². The smallest absolute Gasteiger partial charge is 0.106 e. The normalized spacial score (nSPS) is 11.9. The molecule has 3 N–H and O–H groups in total. The highest BCUT2D eigenvalue weighted by atomic mass is 15.1. The third-order valence-electron chi connectivity index (χ3n) is 3.76. The number of rotatable bonds is 5. The lowest BCUT2D eigenvalue weighted by molar-refractivity contribution is 0.429. The first-order valence-electron chi connectivity index (χ1n) is 6.68. The lowest BCUT2D eigenvalue weighted by atomic mass is 9.86. The van der Waals surface area contributed by atoms with E-state index >= 15 is 0 Å². The van der Waals surface area contributed by atoms with Gasteiger partial charge in [-0.25, -0.2) is 4.98 Å². The molecule has 0 aliphatic rings. The molecule has 0 fully saturated rings. The van der Waals surface area contributed by atoms with Gasteiger partial charge in [-0.2, -0.15) is 0 Å². The van der Waals surface area contributed by atoms with Gasteiger partial charge in [-0.3, -0.25) is 5.41 Å². The van der Waals surface area contributed by atoms with Crippen LogP contribution in [0.1, 0.15) is 32.5 Å². The maximum atomic E-state index is 7.58. The van der Waals surface area contributed by atoms with E-state index in [0.29, 0.717) is 0 Å². The first kappa shape index (κ1) is 13.6. The minimum atomic E-state index is -0.218. The topological polar surface area (TPSA) is 67.7 Å². The molecule has 0 atom stereocenters. The minimum Gasteiger partial charge on any atom is -0.387 e. The zero-order valence-electron chi connectivity index (χ0n) is 11.9. The molecular weight excluding hydrogens is 236 g/mol. The number of para-hydroxylation sites is 2. The Hall–Kier alpha value is -1.84. The van der Waals surface area contributed by atoms with E-state index in [1.807, 2.05) is 39.0 Å². The Morgan fingerprint density at radius 1 is 1.37 bits per heavy atom. The van der Waals surface area contributed by atoms with Crippen LogP contribution in [0.2, 0.25) is 0 Å². The zero-order valence-corrected chi connectivity index (χ0v) is 11.9. The highest BCUT2D eigenvalue weighted by Gasteiger charge is 2.21. The van der Waals surface area contributed by atoms with Crippen molar-refractivity contribution in [2.24, 2.45) is 11.1 Å². The van der Waals surface area contributed by atoms with Gasteiger partial charge >= 0.3 is 0 Å². The number of benzene rings is 1. The second-order valence-electron chi connectivity index (χ2n) is 5.70. The number of fused-ring (bicyclic) bond motifs is 1. The SMILES string of the molecule is Cc1nc2ccccc2n1CCCC(C)(C)C(=N)N. The number of hydrogen-bond acceptors (Lipinski definition) is 2. The molecule has 0 amide bonds. The van der Waals surface area contributed by atoms with Gasteiger partial charge in [0, 0.05) is 12.0 Å². The van der Waals surface area contributed by atoms with Crippen molar-refractivity contribution in [1.29, 1.82) is 5.41 Å². The molecule has 2 rings (SSSR count). The van der Waals surface area contributed by atoms with Gasteiger partial charge in [0.15, 0.2) is 0 Å². The van der Waals surface area contributed by atoms with Gasteiger partial charge in [0.1, 0.15) is 5.82 Å². The van der Waals surface area contributed by atoms with E-state index in [2.05, 4.69) is 15.6 Å². The van der Waals surface area contributed by atoms with Crippen molar-refractivity contribution in [3.05, 3.63) is 30.1 Å². The highest BCUT2D eigenvalue weighted by Crippen LogP contribution is 2.23. The fraction of sp³-hybridized carbons (Fsp3) is 0.467. The Balaban J connectivity index is 2.10. The standard InChI is InChI=1S/C15H22N4/c1-11-18-12-7-4-5-8-13(12)19(11)10-6-9-15(2,3)14(16)17/h4-5,7-8H,6,9-10H2,1-3H3,(H3,16,17). The summed E-state index contributed by atoms with van der Waals surface area (Å²) in [7, 11) is 0. The molecule has 102 valence electrons. The average Bonchev–Trinajstić information content (AvgIpc) is 2.65. The summed E-state index contributed by atoms with van der Waals surface area (Å²) in [6.07, 6.45) is 1.90. The summed E-state index contributed by atoms with van der Waals surface area (Å²) < 4.78 is 2.24. The van der Waals surface area contributed by atoms with E-state index < -0.39 is 0 Å². The van der Waals surface area contributed by atoms with E-state index in [0.717, 1.165) is 30.7 Å². The molecule has 0 aliphatic heterocycles. The maximum Gasteiger partial charge on any atom is 0.106 e. The third kappa shape index (κ3) is 2.78. The Bertz CT molecular complexity index is 595. The summed E-state index contributed by atoms with van der Waals surface area (Å²) >= 11 is 0. The van der Waals surface area contributed by atoms with E-state index in [9.17, 15) is 0 Å². The molecule has 19 heavy (non-hydrogen) atoms. The number of hydrogen-bond donors (Lipinski definition) is 2. The van der Waals surface area contributed by atoms with Crippen LogP contribution in [0.25, 0.3) is 11.0 Å². The van der Waals surface area contributed by atoms with E-state index in [1.165, 1.54) is 5.52 Å². The number of aromatic nitrogens is 2. The van der Waals surface area contributed by atoms with Crippen molar-refractivity contribution in [1.82, 2.24) is 9.55 Å². The lowest BCUT2D eigenvalue weighted by Crippen LogP contribution is -2.31. The van der Waals surface area contributed by atoms with Crippen molar-refractivity contribution in [2.45, 2.75) is 40.2 Å². The molecule has 0 aliphatic carbocycles. The fourth-order valence-electron chi connectivity index (χ4n) is 2.29. The van der Waals surface area contributed by atoms with Crippen LogP contribution in [0, 0.1) is 17.7 Å². The van der Waals surface area contributed by atoms with Crippen LogP contribution < -0.4 is 5.73 Å². The quantitative estimate of drug-likeness (QED) is 0.639. The Kier molecular flexibility index (Phi) is 3.60. The van der Waals surface area contributed by atoms with E-state index in [4.69, 9.17) is 11.1 Å². The zero-order chi connectivity index (χ0) is 14.0. The molecular formula is C15H22N4. The van der Waals surface area contributed by atoms with Gasteiger partial charge in [0.2, 0.25) is 0 Å². The van der Waals surface area contributed by atoms with Gasteiger partial charge in [0.25, 0.3) is 0 Å². The molecule has 2 aromatic rings. The lowest BCUT2D eigenvalue weighted by Gasteiger charge is -2.22. The Morgan fingerprint density at radius 2 is 2.05 bits per heavy atom. The predicted molar refractivity (Wildman–Crippen MR) is 79.4 cm³/mol. The van der Waals surface area contributed by atoms with E-state index in [-0.39, 0.29) is 11.3 Å². The van der Waals surface area contributed by atoms with Gasteiger partial charge in [-0.1, -0.05) is 26.0 Å². The van der Waals surface area contributed by atoms with Crippen LogP contribution in [0.3, 0.4) is 0 Å². The molecule has 0 radical (unpaired) electrons.